The summed E-state index contributed by atoms with van der Waals surface area (Å²) in [7, 11) is -4.08. The van der Waals surface area contributed by atoms with Crippen molar-refractivity contribution < 1.29 is 21.6 Å². The Morgan fingerprint density at radius 1 is 1.07 bits per heavy atom. The molecule has 5 nitrogen and oxygen atoms in total. The third-order valence-electron chi connectivity index (χ3n) is 4.41. The number of fused-ring (bicyclic) bond motifs is 1. The summed E-state index contributed by atoms with van der Waals surface area (Å²) in [6.07, 6.45) is -4.54. The smallest absolute Gasteiger partial charge is 0.375 e. The topological polar surface area (TPSA) is 78.0 Å². The number of anilines is 1. The van der Waals surface area contributed by atoms with Gasteiger partial charge >= 0.3 is 6.18 Å². The third kappa shape index (κ3) is 3.28. The van der Waals surface area contributed by atoms with Gasteiger partial charge < -0.3 is 5.73 Å². The van der Waals surface area contributed by atoms with Gasteiger partial charge in [-0.2, -0.15) is 13.2 Å². The van der Waals surface area contributed by atoms with E-state index in [9.17, 15) is 21.6 Å². The van der Waals surface area contributed by atoms with E-state index in [0.29, 0.717) is 10.6 Å². The number of alkyl halides is 3. The predicted molar refractivity (Wildman–Crippen MR) is 106 cm³/mol. The summed E-state index contributed by atoms with van der Waals surface area (Å²) in [4.78, 5) is 4.62. The molecule has 0 saturated carbocycles. The second-order valence-corrected chi connectivity index (χ2v) is 9.17. The summed E-state index contributed by atoms with van der Waals surface area (Å²) in [6.45, 7) is 1.67. The molecule has 0 atom stereocenters. The summed E-state index contributed by atoms with van der Waals surface area (Å²) in [5.74, 6) is 0. The Morgan fingerprint density at radius 2 is 1.76 bits per heavy atom. The van der Waals surface area contributed by atoms with Crippen LogP contribution in [0.25, 0.3) is 21.5 Å². The van der Waals surface area contributed by atoms with E-state index in [2.05, 4.69) is 4.98 Å². The second kappa shape index (κ2) is 6.60. The number of nitrogens with zero attached hydrogens (tertiary/aromatic N) is 2. The fourth-order valence-electron chi connectivity index (χ4n) is 3.14. The van der Waals surface area contributed by atoms with Crippen molar-refractivity contribution >= 4 is 37.4 Å². The van der Waals surface area contributed by atoms with E-state index in [1.165, 1.54) is 24.3 Å². The number of halogens is 3. The maximum Gasteiger partial charge on any atom is 0.416 e. The summed E-state index contributed by atoms with van der Waals surface area (Å²) < 4.78 is 67.3. The van der Waals surface area contributed by atoms with E-state index >= 15 is 0 Å². The molecule has 0 bridgehead atoms. The van der Waals surface area contributed by atoms with Crippen LogP contribution >= 0.6 is 11.3 Å². The number of aromatic nitrogens is 2. The summed E-state index contributed by atoms with van der Waals surface area (Å²) in [5.41, 5.74) is 5.76. The lowest BCUT2D eigenvalue weighted by Gasteiger charge is -2.12. The Morgan fingerprint density at radius 3 is 2.34 bits per heavy atom. The van der Waals surface area contributed by atoms with Crippen LogP contribution < -0.4 is 5.73 Å². The fraction of sp³-hybridized carbons (Fsp3) is 0.105. The van der Waals surface area contributed by atoms with Crippen LogP contribution in [-0.4, -0.2) is 17.4 Å². The van der Waals surface area contributed by atoms with Gasteiger partial charge in [0.1, 0.15) is 0 Å². The lowest BCUT2D eigenvalue weighted by molar-refractivity contribution is -0.137. The van der Waals surface area contributed by atoms with Crippen LogP contribution in [0.1, 0.15) is 11.3 Å². The van der Waals surface area contributed by atoms with Gasteiger partial charge in [-0.15, -0.1) is 0 Å². The minimum Gasteiger partial charge on any atom is -0.375 e. The molecule has 29 heavy (non-hydrogen) atoms. The number of rotatable bonds is 3. The van der Waals surface area contributed by atoms with Gasteiger partial charge in [0.25, 0.3) is 10.0 Å². The van der Waals surface area contributed by atoms with Crippen LogP contribution in [0.4, 0.5) is 18.3 Å². The zero-order chi connectivity index (χ0) is 21.0. The zero-order valence-electron chi connectivity index (χ0n) is 14.9. The van der Waals surface area contributed by atoms with Gasteiger partial charge in [0.15, 0.2) is 5.13 Å². The first-order valence-corrected chi connectivity index (χ1v) is 10.6. The first kappa shape index (κ1) is 19.5. The molecule has 4 rings (SSSR count). The highest BCUT2D eigenvalue weighted by molar-refractivity contribution is 7.90. The zero-order valence-corrected chi connectivity index (χ0v) is 16.6. The molecule has 2 aromatic carbocycles. The summed E-state index contributed by atoms with van der Waals surface area (Å²) >= 11 is 1.08. The largest absolute Gasteiger partial charge is 0.416 e. The molecule has 0 unspecified atom stereocenters. The van der Waals surface area contributed by atoms with E-state index < -0.39 is 21.8 Å². The molecule has 10 heteroatoms. The van der Waals surface area contributed by atoms with Gasteiger partial charge in [-0.1, -0.05) is 29.5 Å². The molecule has 150 valence electrons. The maximum absolute atomic E-state index is 13.4. The average Bonchev–Trinajstić information content (AvgIpc) is 3.20. The molecular formula is C19H14F3N3O2S2. The van der Waals surface area contributed by atoms with Crippen LogP contribution in [0.3, 0.4) is 0 Å². The molecule has 0 radical (unpaired) electrons. The highest BCUT2D eigenvalue weighted by atomic mass is 32.2. The lowest BCUT2D eigenvalue weighted by atomic mass is 10.1. The molecule has 0 aliphatic heterocycles. The van der Waals surface area contributed by atoms with Crippen molar-refractivity contribution in [3.05, 3.63) is 65.9 Å². The van der Waals surface area contributed by atoms with Crippen LogP contribution in [0.2, 0.25) is 0 Å². The van der Waals surface area contributed by atoms with Crippen molar-refractivity contribution in [2.24, 2.45) is 0 Å². The van der Waals surface area contributed by atoms with Gasteiger partial charge in [-0.3, -0.25) is 0 Å². The standard InChI is InChI=1S/C19H14F3N3O2S2/c1-11-17(28-18(23)24-11)16-10-12-9-13(19(20,21)22)7-8-15(12)25(16)29(26,27)14-5-3-2-4-6-14/h2-10H,1H3,(H2,23,24). The number of benzene rings is 2. The molecule has 0 amide bonds. The van der Waals surface area contributed by atoms with Crippen molar-refractivity contribution in [1.29, 1.82) is 0 Å². The van der Waals surface area contributed by atoms with Gasteiger partial charge in [0.2, 0.25) is 0 Å². The lowest BCUT2D eigenvalue weighted by Crippen LogP contribution is -2.14. The van der Waals surface area contributed by atoms with Gasteiger partial charge in [-0.05, 0) is 43.3 Å². The molecule has 0 saturated heterocycles. The Labute approximate surface area is 168 Å². The molecule has 2 heterocycles. The molecular weight excluding hydrogens is 423 g/mol. The van der Waals surface area contributed by atoms with Crippen molar-refractivity contribution in [1.82, 2.24) is 8.96 Å². The van der Waals surface area contributed by atoms with Gasteiger partial charge in [0.05, 0.1) is 32.2 Å². The van der Waals surface area contributed by atoms with Crippen molar-refractivity contribution in [3.63, 3.8) is 0 Å². The van der Waals surface area contributed by atoms with Crippen LogP contribution in [-0.2, 0) is 16.2 Å². The summed E-state index contributed by atoms with van der Waals surface area (Å²) in [6, 6.07) is 12.1. The van der Waals surface area contributed by atoms with Crippen LogP contribution in [0, 0.1) is 6.92 Å². The van der Waals surface area contributed by atoms with Gasteiger partial charge in [-0.25, -0.2) is 17.4 Å². The highest BCUT2D eigenvalue weighted by Crippen LogP contribution is 2.39. The number of aryl methyl sites for hydroxylation is 1. The quantitative estimate of drug-likeness (QED) is 0.494. The monoisotopic (exact) mass is 437 g/mol. The minimum absolute atomic E-state index is 0.0220. The second-order valence-electron chi connectivity index (χ2n) is 6.35. The third-order valence-corrected chi connectivity index (χ3v) is 7.16. The van der Waals surface area contributed by atoms with E-state index in [1.54, 1.807) is 25.1 Å². The van der Waals surface area contributed by atoms with E-state index in [0.717, 1.165) is 27.4 Å². The molecule has 4 aromatic rings. The van der Waals surface area contributed by atoms with Crippen molar-refractivity contribution in [2.45, 2.75) is 18.0 Å². The Bertz CT molecular complexity index is 1320. The first-order chi connectivity index (χ1) is 13.6. The number of hydrogen-bond donors (Lipinski definition) is 1. The minimum atomic E-state index is -4.54. The van der Waals surface area contributed by atoms with E-state index in [1.807, 2.05) is 0 Å². The maximum atomic E-state index is 13.4. The molecule has 0 aliphatic rings. The van der Waals surface area contributed by atoms with E-state index in [4.69, 9.17) is 5.73 Å². The molecule has 0 spiro atoms. The summed E-state index contributed by atoms with van der Waals surface area (Å²) in [5, 5.41) is 0.392. The van der Waals surface area contributed by atoms with Crippen molar-refractivity contribution in [3.8, 4) is 10.6 Å². The van der Waals surface area contributed by atoms with E-state index in [-0.39, 0.29) is 26.6 Å². The normalized spacial score (nSPS) is 12.6. The Kier molecular flexibility index (Phi) is 4.43. The van der Waals surface area contributed by atoms with Crippen LogP contribution in [0.5, 0.6) is 0 Å². The predicted octanol–water partition coefficient (Wildman–Crippen LogP) is 4.91. The Balaban J connectivity index is 2.08. The number of hydrogen-bond acceptors (Lipinski definition) is 5. The molecule has 0 fully saturated rings. The Hall–Kier alpha value is -2.85. The van der Waals surface area contributed by atoms with Crippen molar-refractivity contribution in [2.75, 3.05) is 5.73 Å². The first-order valence-electron chi connectivity index (χ1n) is 8.35. The number of nitrogens with two attached hydrogens (primary N) is 1. The fourth-order valence-corrected chi connectivity index (χ4v) is 5.57. The molecule has 2 N–H and O–H groups in total. The SMILES string of the molecule is Cc1nc(N)sc1-c1cc2cc(C(F)(F)F)ccc2n1S(=O)(=O)c1ccccc1. The van der Waals surface area contributed by atoms with Gasteiger partial charge in [0, 0.05) is 5.39 Å². The number of nitrogen functional groups attached to an aromatic ring is 1. The number of thiazole rings is 1. The molecule has 0 aliphatic carbocycles. The highest BCUT2D eigenvalue weighted by Gasteiger charge is 2.32. The molecule has 2 aromatic heterocycles. The average molecular weight is 437 g/mol. The van der Waals surface area contributed by atoms with Crippen LogP contribution in [0.15, 0.2) is 59.5 Å².